The van der Waals surface area contributed by atoms with Gasteiger partial charge in [-0.1, -0.05) is 13.5 Å². The summed E-state index contributed by atoms with van der Waals surface area (Å²) < 4.78 is 0. The summed E-state index contributed by atoms with van der Waals surface area (Å²) in [4.78, 5) is 3.85. The minimum Gasteiger partial charge on any atom is -0.388 e. The molecule has 0 aliphatic heterocycles. The number of aromatic nitrogens is 1. The number of nitrogens with zero attached hydrogens (tertiary/aromatic N) is 1. The molecule has 1 N–H and O–H groups in total. The molecule has 0 amide bonds. The van der Waals surface area contributed by atoms with Crippen LogP contribution in [0.5, 0.6) is 0 Å². The summed E-state index contributed by atoms with van der Waals surface area (Å²) in [5, 5.41) is 2.99. The lowest BCUT2D eigenvalue weighted by Gasteiger charge is -1.93. The lowest BCUT2D eigenvalue weighted by atomic mass is 10.4. The van der Waals surface area contributed by atoms with E-state index in [0.29, 0.717) is 0 Å². The number of anilines is 1. The quantitative estimate of drug-likeness (QED) is 0.651. The topological polar surface area (TPSA) is 24.9 Å². The van der Waals surface area contributed by atoms with Gasteiger partial charge >= 0.3 is 0 Å². The van der Waals surface area contributed by atoms with Gasteiger partial charge in [-0.25, -0.2) is 0 Å². The highest BCUT2D eigenvalue weighted by atomic mass is 14.8. The first-order chi connectivity index (χ1) is 5.35. The van der Waals surface area contributed by atoms with Crippen LogP contribution in [-0.2, 0) is 0 Å². The molecule has 0 saturated carbocycles. The molecule has 1 rings (SSSR count). The van der Waals surface area contributed by atoms with Crippen molar-refractivity contribution in [2.45, 2.75) is 14.4 Å². The van der Waals surface area contributed by atoms with Crippen molar-refractivity contribution in [3.8, 4) is 0 Å². The van der Waals surface area contributed by atoms with E-state index in [2.05, 4.69) is 16.9 Å². The maximum atomic E-state index is 3.85. The van der Waals surface area contributed by atoms with E-state index < -0.39 is 0 Å². The van der Waals surface area contributed by atoms with Gasteiger partial charge in [-0.15, -0.1) is 6.58 Å². The van der Waals surface area contributed by atoms with Crippen LogP contribution in [0.3, 0.4) is 0 Å². The third-order valence-corrected chi connectivity index (χ3v) is 0.969. The average Bonchev–Trinajstić information content (AvgIpc) is 2.08. The molecule has 2 nitrogen and oxygen atoms in total. The fourth-order valence-corrected chi connectivity index (χ4v) is 0.519. The largest absolute Gasteiger partial charge is 0.388 e. The van der Waals surface area contributed by atoms with Gasteiger partial charge in [0, 0.05) is 26.6 Å². The minimum absolute atomic E-state index is 0. The van der Waals surface area contributed by atoms with Crippen LogP contribution in [-0.4, -0.2) is 12.0 Å². The number of pyridine rings is 1. The van der Waals surface area contributed by atoms with Gasteiger partial charge in [0.1, 0.15) is 0 Å². The molecule has 2 heteroatoms. The van der Waals surface area contributed by atoms with Crippen molar-refractivity contribution < 1.29 is 1.43 Å². The molecule has 12 heavy (non-hydrogen) atoms. The van der Waals surface area contributed by atoms with Crippen molar-refractivity contribution in [2.75, 3.05) is 12.4 Å². The summed E-state index contributed by atoms with van der Waals surface area (Å²) in [5.74, 6) is 0. The Labute approximate surface area is 76.8 Å². The zero-order chi connectivity index (χ0) is 8.53. The summed E-state index contributed by atoms with van der Waals surface area (Å²) in [6, 6.07) is 3.83. The number of hydrogen-bond donors (Lipinski definition) is 1. The SMILES string of the molecule is C.C=CC.CNc1ccncc1.[HH]. The molecule has 0 bridgehead atoms. The van der Waals surface area contributed by atoms with E-state index in [9.17, 15) is 0 Å². The second-order valence-electron chi connectivity index (χ2n) is 1.89. The lowest BCUT2D eigenvalue weighted by molar-refractivity contribution is 1.32. The van der Waals surface area contributed by atoms with Crippen molar-refractivity contribution in [1.29, 1.82) is 0 Å². The lowest BCUT2D eigenvalue weighted by Crippen LogP contribution is -1.85. The van der Waals surface area contributed by atoms with Crippen LogP contribution in [0, 0.1) is 0 Å². The average molecular weight is 168 g/mol. The molecule has 0 aliphatic rings. The number of nitrogens with one attached hydrogen (secondary N) is 1. The van der Waals surface area contributed by atoms with Crippen molar-refractivity contribution in [2.24, 2.45) is 0 Å². The zero-order valence-corrected chi connectivity index (χ0v) is 7.04. The first kappa shape index (κ1) is 13.3. The Kier molecular flexibility index (Phi) is 10.7. The van der Waals surface area contributed by atoms with E-state index in [1.54, 1.807) is 18.5 Å². The van der Waals surface area contributed by atoms with Crippen LogP contribution in [0.15, 0.2) is 37.2 Å². The first-order valence-corrected chi connectivity index (χ1v) is 3.50. The summed E-state index contributed by atoms with van der Waals surface area (Å²) in [6.45, 7) is 5.25. The van der Waals surface area contributed by atoms with E-state index in [-0.39, 0.29) is 8.85 Å². The monoisotopic (exact) mass is 168 g/mol. The molecule has 1 aromatic heterocycles. The molecule has 0 fully saturated rings. The van der Waals surface area contributed by atoms with Gasteiger partial charge in [0.25, 0.3) is 0 Å². The van der Waals surface area contributed by atoms with Gasteiger partial charge in [-0.05, 0) is 19.1 Å². The van der Waals surface area contributed by atoms with Gasteiger partial charge in [0.2, 0.25) is 0 Å². The fraction of sp³-hybridized carbons (Fsp3) is 0.300. The van der Waals surface area contributed by atoms with Crippen LogP contribution in [0.25, 0.3) is 0 Å². The Bertz CT molecular complexity index is 187. The van der Waals surface area contributed by atoms with Gasteiger partial charge in [0.15, 0.2) is 0 Å². The molecule has 70 valence electrons. The molecule has 0 saturated heterocycles. The number of rotatable bonds is 1. The molecule has 0 aromatic carbocycles. The molecule has 1 heterocycles. The van der Waals surface area contributed by atoms with E-state index in [1.807, 2.05) is 26.1 Å². The van der Waals surface area contributed by atoms with Crippen LogP contribution in [0.1, 0.15) is 15.8 Å². The second-order valence-corrected chi connectivity index (χ2v) is 1.89. The van der Waals surface area contributed by atoms with E-state index in [0.717, 1.165) is 5.69 Å². The summed E-state index contributed by atoms with van der Waals surface area (Å²) >= 11 is 0. The minimum atomic E-state index is 0. The highest BCUT2D eigenvalue weighted by Crippen LogP contribution is 1.99. The summed E-state index contributed by atoms with van der Waals surface area (Å²) in [7, 11) is 1.88. The van der Waals surface area contributed by atoms with Crippen molar-refractivity contribution in [3.63, 3.8) is 0 Å². The Morgan fingerprint density at radius 3 is 2.17 bits per heavy atom. The van der Waals surface area contributed by atoms with E-state index in [4.69, 9.17) is 0 Å². The predicted molar refractivity (Wildman–Crippen MR) is 58.5 cm³/mol. The van der Waals surface area contributed by atoms with Crippen molar-refractivity contribution >= 4 is 5.69 Å². The second kappa shape index (κ2) is 9.69. The molecule has 0 aliphatic carbocycles. The molecule has 0 unspecified atom stereocenters. The molecule has 0 radical (unpaired) electrons. The van der Waals surface area contributed by atoms with Crippen LogP contribution >= 0.6 is 0 Å². The van der Waals surface area contributed by atoms with Gasteiger partial charge < -0.3 is 5.32 Å². The fourth-order valence-electron chi connectivity index (χ4n) is 0.519. The Morgan fingerprint density at radius 1 is 1.50 bits per heavy atom. The third kappa shape index (κ3) is 6.81. The molecular weight excluding hydrogens is 148 g/mol. The molecule has 0 atom stereocenters. The number of allylic oxidation sites excluding steroid dienone is 1. The molecule has 1 aromatic rings. The Morgan fingerprint density at radius 2 is 1.92 bits per heavy atom. The summed E-state index contributed by atoms with van der Waals surface area (Å²) in [6.07, 6.45) is 5.26. The van der Waals surface area contributed by atoms with Crippen LogP contribution in [0.2, 0.25) is 0 Å². The maximum Gasteiger partial charge on any atom is 0.0368 e. The third-order valence-electron chi connectivity index (χ3n) is 0.969. The maximum absolute atomic E-state index is 3.85. The van der Waals surface area contributed by atoms with Crippen LogP contribution < -0.4 is 5.32 Å². The zero-order valence-electron chi connectivity index (χ0n) is 7.04. The van der Waals surface area contributed by atoms with Gasteiger partial charge in [-0.3, -0.25) is 4.98 Å². The summed E-state index contributed by atoms with van der Waals surface area (Å²) in [5.41, 5.74) is 1.10. The van der Waals surface area contributed by atoms with E-state index >= 15 is 0 Å². The van der Waals surface area contributed by atoms with Crippen LogP contribution in [0.4, 0.5) is 5.69 Å². The molecular formula is C10H20N2. The Balaban J connectivity index is -0.000000180. The highest BCUT2D eigenvalue weighted by molar-refractivity contribution is 5.39. The van der Waals surface area contributed by atoms with Gasteiger partial charge in [0.05, 0.1) is 0 Å². The first-order valence-electron chi connectivity index (χ1n) is 3.50. The van der Waals surface area contributed by atoms with Gasteiger partial charge in [-0.2, -0.15) is 0 Å². The van der Waals surface area contributed by atoms with E-state index in [1.165, 1.54) is 0 Å². The van der Waals surface area contributed by atoms with Crippen molar-refractivity contribution in [1.82, 2.24) is 4.98 Å². The Hall–Kier alpha value is -1.31. The smallest absolute Gasteiger partial charge is 0.0368 e. The standard InChI is InChI=1S/C6H8N2.C3H6.CH4.H2/c1-7-6-2-4-8-5-3-6;1-3-2;;/h2-5H,1H3,(H,7,8);3H,1H2,2H3;1H4;1H. The molecule has 0 spiro atoms. The number of hydrogen-bond acceptors (Lipinski definition) is 2. The normalized spacial score (nSPS) is 6.83. The predicted octanol–water partition coefficient (Wildman–Crippen LogP) is 3.20. The highest BCUT2D eigenvalue weighted by Gasteiger charge is 1.78. The van der Waals surface area contributed by atoms with Crippen molar-refractivity contribution in [3.05, 3.63) is 37.2 Å².